The molecule has 0 aliphatic heterocycles. The van der Waals surface area contributed by atoms with Crippen LogP contribution in [0.3, 0.4) is 0 Å². The molecule has 4 bridgehead atoms. The van der Waals surface area contributed by atoms with E-state index in [0.717, 1.165) is 37.8 Å². The molecular formula is C23H30N4O. The summed E-state index contributed by atoms with van der Waals surface area (Å²) in [5.74, 6) is 1.45. The van der Waals surface area contributed by atoms with Crippen LogP contribution in [0, 0.1) is 17.3 Å². The minimum Gasteiger partial charge on any atom is -0.325 e. The van der Waals surface area contributed by atoms with Crippen molar-refractivity contribution in [1.82, 2.24) is 14.8 Å². The molecule has 5 heteroatoms. The maximum absolute atomic E-state index is 13.7. The van der Waals surface area contributed by atoms with Crippen molar-refractivity contribution in [2.24, 2.45) is 17.3 Å². The molecule has 148 valence electrons. The topological polar surface area (TPSA) is 59.8 Å². The number of amides is 1. The molecule has 4 saturated carbocycles. The van der Waals surface area contributed by atoms with Gasteiger partial charge in [0.05, 0.1) is 11.0 Å². The van der Waals surface area contributed by atoms with Crippen LogP contribution in [-0.4, -0.2) is 20.7 Å². The van der Waals surface area contributed by atoms with Crippen LogP contribution in [0.2, 0.25) is 0 Å². The van der Waals surface area contributed by atoms with Crippen molar-refractivity contribution in [3.8, 4) is 0 Å². The average Bonchev–Trinajstić information content (AvgIpc) is 3.16. The van der Waals surface area contributed by atoms with Gasteiger partial charge in [-0.25, -0.2) is 9.67 Å². The third-order valence-electron chi connectivity index (χ3n) is 7.40. The number of hydrogen-bond donors (Lipinski definition) is 1. The normalized spacial score (nSPS) is 33.8. The summed E-state index contributed by atoms with van der Waals surface area (Å²) in [5, 5.41) is 7.85. The summed E-state index contributed by atoms with van der Waals surface area (Å²) in [5.41, 5.74) is 1.85. The van der Waals surface area contributed by atoms with Gasteiger partial charge in [0.15, 0.2) is 0 Å². The summed E-state index contributed by atoms with van der Waals surface area (Å²) in [4.78, 5) is 17.9. The number of nitrogens with one attached hydrogen (secondary N) is 1. The Labute approximate surface area is 166 Å². The van der Waals surface area contributed by atoms with Gasteiger partial charge in [-0.1, -0.05) is 39.0 Å². The van der Waals surface area contributed by atoms with Gasteiger partial charge in [0, 0.05) is 5.69 Å². The Morgan fingerprint density at radius 1 is 1.14 bits per heavy atom. The van der Waals surface area contributed by atoms with E-state index >= 15 is 0 Å². The molecule has 0 unspecified atom stereocenters. The van der Waals surface area contributed by atoms with Crippen LogP contribution in [0.5, 0.6) is 0 Å². The van der Waals surface area contributed by atoms with Gasteiger partial charge in [-0.3, -0.25) is 4.79 Å². The average molecular weight is 379 g/mol. The van der Waals surface area contributed by atoms with Crippen molar-refractivity contribution in [3.05, 3.63) is 42.5 Å². The maximum Gasteiger partial charge on any atom is 0.230 e. The smallest absolute Gasteiger partial charge is 0.230 e. The van der Waals surface area contributed by atoms with Crippen LogP contribution in [0.25, 0.3) is 0 Å². The van der Waals surface area contributed by atoms with E-state index in [0.29, 0.717) is 11.8 Å². The van der Waals surface area contributed by atoms with Crippen molar-refractivity contribution < 1.29 is 4.79 Å². The molecule has 2 aromatic rings. The van der Waals surface area contributed by atoms with E-state index in [2.05, 4.69) is 53.0 Å². The zero-order valence-corrected chi connectivity index (χ0v) is 17.1. The molecule has 1 aromatic carbocycles. The second kappa shape index (κ2) is 5.91. The van der Waals surface area contributed by atoms with Gasteiger partial charge in [0.2, 0.25) is 5.91 Å². The fraction of sp³-hybridized carbons (Fsp3) is 0.609. The van der Waals surface area contributed by atoms with Crippen molar-refractivity contribution in [1.29, 1.82) is 0 Å². The number of anilines is 1. The highest BCUT2D eigenvalue weighted by molar-refractivity contribution is 5.96. The molecule has 2 atom stereocenters. The number of benzene rings is 1. The minimum absolute atomic E-state index is 0.00665. The second-order valence-electron chi connectivity index (χ2n) is 10.6. The monoisotopic (exact) mass is 378 g/mol. The molecule has 1 heterocycles. The Hall–Kier alpha value is -2.17. The third kappa shape index (κ3) is 2.70. The molecule has 4 aliphatic rings. The molecule has 0 saturated heterocycles. The first kappa shape index (κ1) is 17.9. The molecule has 28 heavy (non-hydrogen) atoms. The highest BCUT2D eigenvalue weighted by atomic mass is 16.2. The predicted octanol–water partition coefficient (Wildman–Crippen LogP) is 4.51. The summed E-state index contributed by atoms with van der Waals surface area (Å²) in [6.07, 6.45) is 9.95. The molecule has 1 N–H and O–H groups in total. The number of aromatic nitrogens is 3. The van der Waals surface area contributed by atoms with E-state index in [1.54, 1.807) is 6.33 Å². The maximum atomic E-state index is 13.7. The van der Waals surface area contributed by atoms with Crippen molar-refractivity contribution in [2.45, 2.75) is 70.3 Å². The lowest BCUT2D eigenvalue weighted by Crippen LogP contribution is -2.60. The van der Waals surface area contributed by atoms with Crippen molar-refractivity contribution in [2.75, 3.05) is 5.32 Å². The molecule has 1 amide bonds. The third-order valence-corrected chi connectivity index (χ3v) is 7.40. The summed E-state index contributed by atoms with van der Waals surface area (Å²) in [6.45, 7) is 6.59. The minimum atomic E-state index is -0.277. The number of carbonyl (C=O) groups is 1. The molecule has 6 rings (SSSR count). The Balaban J connectivity index is 1.48. The quantitative estimate of drug-likeness (QED) is 0.855. The predicted molar refractivity (Wildman–Crippen MR) is 109 cm³/mol. The zero-order chi connectivity index (χ0) is 19.6. The molecule has 5 nitrogen and oxygen atoms in total. The number of nitrogens with zero attached hydrogens (tertiary/aromatic N) is 3. The van der Waals surface area contributed by atoms with Crippen LogP contribution in [0.15, 0.2) is 36.9 Å². The fourth-order valence-corrected chi connectivity index (χ4v) is 6.70. The Kier molecular flexibility index (Phi) is 3.78. The van der Waals surface area contributed by atoms with E-state index in [-0.39, 0.29) is 22.3 Å². The molecular weight excluding hydrogens is 348 g/mol. The number of rotatable bonds is 3. The summed E-state index contributed by atoms with van der Waals surface area (Å²) >= 11 is 0. The highest BCUT2D eigenvalue weighted by Crippen LogP contribution is 2.64. The van der Waals surface area contributed by atoms with Gasteiger partial charge >= 0.3 is 0 Å². The van der Waals surface area contributed by atoms with E-state index in [1.165, 1.54) is 12.0 Å². The molecule has 4 aliphatic carbocycles. The van der Waals surface area contributed by atoms with Crippen molar-refractivity contribution in [3.63, 3.8) is 0 Å². The largest absolute Gasteiger partial charge is 0.325 e. The lowest BCUT2D eigenvalue weighted by atomic mass is 9.46. The van der Waals surface area contributed by atoms with E-state index in [9.17, 15) is 4.79 Å². The Morgan fingerprint density at radius 2 is 1.86 bits per heavy atom. The number of para-hydroxylation sites is 1. The van der Waals surface area contributed by atoms with Gasteiger partial charge < -0.3 is 5.32 Å². The van der Waals surface area contributed by atoms with E-state index in [1.807, 2.05) is 18.5 Å². The molecule has 4 fully saturated rings. The van der Waals surface area contributed by atoms with Crippen LogP contribution in [0.1, 0.15) is 64.9 Å². The standard InChI is InChI=1S/C23H30N4O/c1-21(2,3)18-6-4-5-7-19(18)26-20(28)22-9-16-8-17(10-22)12-23(11-16,13-22)27-15-24-14-25-27/h4-7,14-17H,8-13H2,1-3H3,(H,26,28)/t16-,17-,22?,23?/m1/s1. The summed E-state index contributed by atoms with van der Waals surface area (Å²) < 4.78 is 2.07. The van der Waals surface area contributed by atoms with Gasteiger partial charge in [0.25, 0.3) is 0 Å². The zero-order valence-electron chi connectivity index (χ0n) is 17.1. The first-order chi connectivity index (χ1) is 13.3. The van der Waals surface area contributed by atoms with Gasteiger partial charge in [-0.05, 0) is 67.4 Å². The van der Waals surface area contributed by atoms with Crippen molar-refractivity contribution >= 4 is 11.6 Å². The lowest BCUT2D eigenvalue weighted by Gasteiger charge is -2.60. The first-order valence-corrected chi connectivity index (χ1v) is 10.6. The Morgan fingerprint density at radius 3 is 2.50 bits per heavy atom. The fourth-order valence-electron chi connectivity index (χ4n) is 6.70. The van der Waals surface area contributed by atoms with Crippen LogP contribution < -0.4 is 5.32 Å². The highest BCUT2D eigenvalue weighted by Gasteiger charge is 2.61. The molecule has 0 spiro atoms. The number of carbonyl (C=O) groups excluding carboxylic acids is 1. The van der Waals surface area contributed by atoms with Gasteiger partial charge in [-0.15, -0.1) is 0 Å². The van der Waals surface area contributed by atoms with E-state index in [4.69, 9.17) is 0 Å². The first-order valence-electron chi connectivity index (χ1n) is 10.6. The SMILES string of the molecule is CC(C)(C)c1ccccc1NC(=O)C12C[C@H]3C[C@H](C1)CC(n1cncn1)(C3)C2. The molecule has 0 radical (unpaired) electrons. The lowest BCUT2D eigenvalue weighted by molar-refractivity contribution is -0.150. The summed E-state index contributed by atoms with van der Waals surface area (Å²) in [6, 6.07) is 8.25. The second-order valence-corrected chi connectivity index (χ2v) is 10.6. The number of hydrogen-bond acceptors (Lipinski definition) is 3. The van der Waals surface area contributed by atoms with Gasteiger partial charge in [-0.2, -0.15) is 5.10 Å². The summed E-state index contributed by atoms with van der Waals surface area (Å²) in [7, 11) is 0. The van der Waals surface area contributed by atoms with Gasteiger partial charge in [0.1, 0.15) is 12.7 Å². The van der Waals surface area contributed by atoms with Crippen LogP contribution >= 0.6 is 0 Å². The van der Waals surface area contributed by atoms with Crippen LogP contribution in [-0.2, 0) is 15.7 Å². The Bertz CT molecular complexity index is 882. The van der Waals surface area contributed by atoms with E-state index < -0.39 is 0 Å². The molecule has 1 aromatic heterocycles. The van der Waals surface area contributed by atoms with Crippen LogP contribution in [0.4, 0.5) is 5.69 Å².